The number of hydrogen-bond donors (Lipinski definition) is 1. The average Bonchev–Trinajstić information content (AvgIpc) is 3.00. The number of likely N-dealkylation sites (N-methyl/N-ethyl adjacent to an activating group) is 1. The number of carbonyl (C=O) groups excluding carboxylic acids is 1. The fourth-order valence-electron chi connectivity index (χ4n) is 2.67. The fourth-order valence-corrected chi connectivity index (χ4v) is 3.53. The first-order chi connectivity index (χ1) is 12.0. The van der Waals surface area contributed by atoms with Crippen molar-refractivity contribution in [2.75, 3.05) is 45.1 Å². The van der Waals surface area contributed by atoms with E-state index in [2.05, 4.69) is 27.1 Å². The molecule has 0 bridgehead atoms. The Morgan fingerprint density at radius 1 is 1.24 bits per heavy atom. The quantitative estimate of drug-likeness (QED) is 0.881. The number of nitrogens with zero attached hydrogens (tertiary/aromatic N) is 3. The monoisotopic (exact) mass is 366 g/mol. The van der Waals surface area contributed by atoms with Crippen molar-refractivity contribution in [3.05, 3.63) is 46.5 Å². The van der Waals surface area contributed by atoms with Crippen LogP contribution in [0.1, 0.15) is 10.4 Å². The van der Waals surface area contributed by atoms with Crippen molar-refractivity contribution < 1.29 is 13.6 Å². The molecule has 0 radical (unpaired) electrons. The van der Waals surface area contributed by atoms with Crippen molar-refractivity contribution in [2.24, 2.45) is 0 Å². The van der Waals surface area contributed by atoms with E-state index < -0.39 is 11.6 Å². The van der Waals surface area contributed by atoms with Crippen LogP contribution < -0.4 is 5.32 Å². The predicted molar refractivity (Wildman–Crippen MR) is 93.8 cm³/mol. The van der Waals surface area contributed by atoms with E-state index in [4.69, 9.17) is 0 Å². The number of hydrogen-bond acceptors (Lipinski definition) is 5. The Morgan fingerprint density at radius 2 is 2.00 bits per heavy atom. The molecule has 1 aliphatic rings. The Labute approximate surface area is 149 Å². The van der Waals surface area contributed by atoms with E-state index in [9.17, 15) is 13.6 Å². The minimum atomic E-state index is -0.859. The molecule has 134 valence electrons. The summed E-state index contributed by atoms with van der Waals surface area (Å²) >= 11 is 1.34. The Balaban J connectivity index is 1.52. The van der Waals surface area contributed by atoms with Gasteiger partial charge in [-0.1, -0.05) is 6.07 Å². The number of piperazine rings is 1. The fraction of sp³-hybridized carbons (Fsp3) is 0.412. The highest BCUT2D eigenvalue weighted by atomic mass is 32.1. The molecule has 2 heterocycles. The molecule has 1 aromatic carbocycles. The second kappa shape index (κ2) is 7.99. The number of amides is 1. The number of anilines is 1. The summed E-state index contributed by atoms with van der Waals surface area (Å²) in [7, 11) is 2.07. The van der Waals surface area contributed by atoms with Crippen molar-refractivity contribution in [1.29, 1.82) is 0 Å². The molecule has 1 aromatic heterocycles. The smallest absolute Gasteiger partial charge is 0.240 e. The van der Waals surface area contributed by atoms with Crippen LogP contribution >= 0.6 is 11.3 Å². The zero-order valence-corrected chi connectivity index (χ0v) is 14.8. The van der Waals surface area contributed by atoms with Crippen molar-refractivity contribution >= 4 is 22.4 Å². The molecule has 0 aliphatic carbocycles. The van der Waals surface area contributed by atoms with Crippen LogP contribution in [0.5, 0.6) is 0 Å². The Kier molecular flexibility index (Phi) is 5.72. The van der Waals surface area contributed by atoms with Crippen molar-refractivity contribution in [3.63, 3.8) is 0 Å². The van der Waals surface area contributed by atoms with Gasteiger partial charge in [0.05, 0.1) is 6.54 Å². The second-order valence-corrected chi connectivity index (χ2v) is 7.30. The molecule has 3 rings (SSSR count). The number of carbonyl (C=O) groups is 1. The first-order valence-electron chi connectivity index (χ1n) is 8.09. The van der Waals surface area contributed by atoms with Crippen LogP contribution in [0.25, 0.3) is 0 Å². The van der Waals surface area contributed by atoms with E-state index in [1.54, 1.807) is 12.3 Å². The average molecular weight is 366 g/mol. The lowest BCUT2D eigenvalue weighted by atomic mass is 10.1. The van der Waals surface area contributed by atoms with E-state index in [-0.39, 0.29) is 5.91 Å². The third-order valence-electron chi connectivity index (χ3n) is 4.13. The lowest BCUT2D eigenvalue weighted by Crippen LogP contribution is -2.47. The van der Waals surface area contributed by atoms with Crippen LogP contribution in [0.15, 0.2) is 24.4 Å². The van der Waals surface area contributed by atoms with Crippen LogP contribution in [-0.4, -0.2) is 60.5 Å². The van der Waals surface area contributed by atoms with Gasteiger partial charge in [-0.15, -0.1) is 11.3 Å². The van der Waals surface area contributed by atoms with Gasteiger partial charge in [-0.25, -0.2) is 13.8 Å². The molecule has 5 nitrogen and oxygen atoms in total. The maximum atomic E-state index is 13.3. The standard InChI is InChI=1S/C17H20F2N4OS/c1-22-4-6-23(7-5-22)11-16(24)21-17-20-10-13(25-17)8-12-2-3-14(18)15(19)9-12/h2-3,9-10H,4-8,11H2,1H3,(H,20,21,24). The molecular weight excluding hydrogens is 346 g/mol. The molecule has 0 saturated carbocycles. The van der Waals surface area contributed by atoms with Crippen LogP contribution in [0, 0.1) is 11.6 Å². The molecule has 25 heavy (non-hydrogen) atoms. The SMILES string of the molecule is CN1CCN(CC(=O)Nc2ncc(Cc3ccc(F)c(F)c3)s2)CC1. The topological polar surface area (TPSA) is 48.5 Å². The lowest BCUT2D eigenvalue weighted by molar-refractivity contribution is -0.117. The Bertz CT molecular complexity index is 744. The minimum Gasteiger partial charge on any atom is -0.304 e. The van der Waals surface area contributed by atoms with E-state index in [1.807, 2.05) is 0 Å². The van der Waals surface area contributed by atoms with Gasteiger partial charge in [0.25, 0.3) is 0 Å². The summed E-state index contributed by atoms with van der Waals surface area (Å²) in [5, 5.41) is 3.33. The third kappa shape index (κ3) is 5.04. The molecule has 1 amide bonds. The Hall–Kier alpha value is -1.90. The summed E-state index contributed by atoms with van der Waals surface area (Å²) in [4.78, 5) is 21.5. The maximum Gasteiger partial charge on any atom is 0.240 e. The highest BCUT2D eigenvalue weighted by Crippen LogP contribution is 2.22. The summed E-state index contributed by atoms with van der Waals surface area (Å²) in [5.41, 5.74) is 0.665. The van der Waals surface area contributed by atoms with E-state index in [0.29, 0.717) is 23.7 Å². The third-order valence-corrected chi connectivity index (χ3v) is 5.04. The van der Waals surface area contributed by atoms with Gasteiger partial charge in [0.15, 0.2) is 16.8 Å². The lowest BCUT2D eigenvalue weighted by Gasteiger charge is -2.31. The second-order valence-electron chi connectivity index (χ2n) is 6.18. The normalized spacial score (nSPS) is 16.1. The highest BCUT2D eigenvalue weighted by Gasteiger charge is 2.17. The van der Waals surface area contributed by atoms with Crippen LogP contribution in [0.2, 0.25) is 0 Å². The molecule has 1 N–H and O–H groups in total. The van der Waals surface area contributed by atoms with Gasteiger partial charge in [0.1, 0.15) is 0 Å². The summed E-state index contributed by atoms with van der Waals surface area (Å²) in [6, 6.07) is 3.84. The first-order valence-corrected chi connectivity index (χ1v) is 8.90. The summed E-state index contributed by atoms with van der Waals surface area (Å²) in [6.07, 6.45) is 2.10. The number of benzene rings is 1. The Morgan fingerprint density at radius 3 is 2.72 bits per heavy atom. The number of thiazole rings is 1. The summed E-state index contributed by atoms with van der Waals surface area (Å²) in [6.45, 7) is 4.03. The molecule has 1 aliphatic heterocycles. The molecule has 8 heteroatoms. The zero-order chi connectivity index (χ0) is 17.8. The van der Waals surface area contributed by atoms with Gasteiger partial charge in [-0.05, 0) is 24.7 Å². The molecule has 0 unspecified atom stereocenters. The molecule has 1 fully saturated rings. The zero-order valence-electron chi connectivity index (χ0n) is 14.0. The largest absolute Gasteiger partial charge is 0.304 e. The first kappa shape index (κ1) is 17.9. The van der Waals surface area contributed by atoms with Gasteiger partial charge in [0, 0.05) is 43.7 Å². The van der Waals surface area contributed by atoms with Crippen LogP contribution in [0.3, 0.4) is 0 Å². The van der Waals surface area contributed by atoms with E-state index in [0.717, 1.165) is 37.1 Å². The number of nitrogens with one attached hydrogen (secondary N) is 1. The van der Waals surface area contributed by atoms with Crippen LogP contribution in [0.4, 0.5) is 13.9 Å². The van der Waals surface area contributed by atoms with Gasteiger partial charge >= 0.3 is 0 Å². The number of rotatable bonds is 5. The highest BCUT2D eigenvalue weighted by molar-refractivity contribution is 7.15. The van der Waals surface area contributed by atoms with Crippen molar-refractivity contribution in [3.8, 4) is 0 Å². The van der Waals surface area contributed by atoms with Gasteiger partial charge in [-0.3, -0.25) is 9.69 Å². The van der Waals surface area contributed by atoms with Gasteiger partial charge in [0.2, 0.25) is 5.91 Å². The molecule has 1 saturated heterocycles. The minimum absolute atomic E-state index is 0.0849. The number of halogens is 2. The van der Waals surface area contributed by atoms with E-state index >= 15 is 0 Å². The van der Waals surface area contributed by atoms with Crippen molar-refractivity contribution in [1.82, 2.24) is 14.8 Å². The van der Waals surface area contributed by atoms with Crippen LogP contribution in [-0.2, 0) is 11.2 Å². The van der Waals surface area contributed by atoms with Gasteiger partial charge < -0.3 is 10.2 Å². The molecule has 2 aromatic rings. The summed E-state index contributed by atoms with van der Waals surface area (Å²) < 4.78 is 26.2. The molecule has 0 spiro atoms. The number of aromatic nitrogens is 1. The van der Waals surface area contributed by atoms with Crippen molar-refractivity contribution in [2.45, 2.75) is 6.42 Å². The van der Waals surface area contributed by atoms with Gasteiger partial charge in [-0.2, -0.15) is 0 Å². The molecule has 0 atom stereocenters. The predicted octanol–water partition coefficient (Wildman–Crippen LogP) is 2.20. The summed E-state index contributed by atoms with van der Waals surface area (Å²) in [5.74, 6) is -1.80. The maximum absolute atomic E-state index is 13.3. The van der Waals surface area contributed by atoms with E-state index in [1.165, 1.54) is 17.4 Å². The molecular formula is C17H20F2N4OS.